The molecule has 0 radical (unpaired) electrons. The molecule has 1 aromatic carbocycles. The molecule has 6 heteroatoms. The molecule has 4 nitrogen and oxygen atoms in total. The van der Waals surface area contributed by atoms with Crippen molar-refractivity contribution in [3.05, 3.63) is 44.6 Å². The van der Waals surface area contributed by atoms with Gasteiger partial charge in [0.05, 0.1) is 9.35 Å². The number of amides is 1. The molecule has 0 aliphatic heterocycles. The first-order valence-corrected chi connectivity index (χ1v) is 7.15. The highest BCUT2D eigenvalue weighted by atomic mass is 79.9. The largest absolute Gasteiger partial charge is 0.504 e. The van der Waals surface area contributed by atoms with Gasteiger partial charge in [0.2, 0.25) is 0 Å². The van der Waals surface area contributed by atoms with E-state index in [0.29, 0.717) is 6.54 Å². The van der Waals surface area contributed by atoms with Crippen LogP contribution in [0.4, 0.5) is 0 Å². The molecule has 19 heavy (non-hydrogen) atoms. The molecule has 0 unspecified atom stereocenters. The number of carbonyl (C=O) groups excluding carboxylic acids is 1. The molecule has 1 heterocycles. The predicted octanol–water partition coefficient (Wildman–Crippen LogP) is 3.19. The molecular formula is C13H12BrNO3S. The van der Waals surface area contributed by atoms with E-state index < -0.39 is 0 Å². The Labute approximate surface area is 123 Å². The van der Waals surface area contributed by atoms with Crippen molar-refractivity contribution in [3.8, 4) is 11.5 Å². The van der Waals surface area contributed by atoms with Gasteiger partial charge in [-0.25, -0.2) is 0 Å². The minimum absolute atomic E-state index is 0.0943. The standard InChI is InChI=1S/C13H12BrNO3S/c1-15(6-8-5-11(14)19-7-8)13(18)9-3-2-4-10(16)12(9)17/h2-5,7,16-17H,6H2,1H3. The van der Waals surface area contributed by atoms with Crippen LogP contribution in [0.3, 0.4) is 0 Å². The first kappa shape index (κ1) is 13.9. The van der Waals surface area contributed by atoms with Crippen molar-refractivity contribution in [2.75, 3.05) is 7.05 Å². The summed E-state index contributed by atoms with van der Waals surface area (Å²) in [6.45, 7) is 0.441. The summed E-state index contributed by atoms with van der Waals surface area (Å²) in [5.74, 6) is -1.01. The zero-order valence-electron chi connectivity index (χ0n) is 10.1. The zero-order valence-corrected chi connectivity index (χ0v) is 12.5. The number of phenolic OH excluding ortho intramolecular Hbond substituents is 2. The quantitative estimate of drug-likeness (QED) is 0.842. The van der Waals surface area contributed by atoms with E-state index >= 15 is 0 Å². The number of aromatic hydroxyl groups is 2. The molecule has 0 atom stereocenters. The Hall–Kier alpha value is -1.53. The van der Waals surface area contributed by atoms with Gasteiger partial charge in [-0.15, -0.1) is 11.3 Å². The van der Waals surface area contributed by atoms with Crippen molar-refractivity contribution in [2.24, 2.45) is 0 Å². The first-order chi connectivity index (χ1) is 8.99. The molecule has 0 saturated carbocycles. The molecule has 0 aliphatic carbocycles. The van der Waals surface area contributed by atoms with Gasteiger partial charge in [0, 0.05) is 13.6 Å². The third kappa shape index (κ3) is 3.08. The molecule has 2 N–H and O–H groups in total. The van der Waals surface area contributed by atoms with Gasteiger partial charge in [0.25, 0.3) is 5.91 Å². The third-order valence-corrected chi connectivity index (χ3v) is 4.19. The average molecular weight is 342 g/mol. The summed E-state index contributed by atoms with van der Waals surface area (Å²) >= 11 is 4.92. The number of carbonyl (C=O) groups is 1. The summed E-state index contributed by atoms with van der Waals surface area (Å²) in [6, 6.07) is 6.29. The highest BCUT2D eigenvalue weighted by molar-refractivity contribution is 9.11. The molecule has 0 aliphatic rings. The molecule has 0 fully saturated rings. The van der Waals surface area contributed by atoms with Crippen LogP contribution in [0.5, 0.6) is 11.5 Å². The lowest BCUT2D eigenvalue weighted by Crippen LogP contribution is -2.26. The van der Waals surface area contributed by atoms with Gasteiger partial charge in [-0.2, -0.15) is 0 Å². The van der Waals surface area contributed by atoms with Crippen LogP contribution in [-0.2, 0) is 6.54 Å². The van der Waals surface area contributed by atoms with E-state index in [9.17, 15) is 15.0 Å². The van der Waals surface area contributed by atoms with Crippen LogP contribution in [0.1, 0.15) is 15.9 Å². The SMILES string of the molecule is CN(Cc1csc(Br)c1)C(=O)c1cccc(O)c1O. The Kier molecular flexibility index (Phi) is 4.11. The summed E-state index contributed by atoms with van der Waals surface area (Å²) < 4.78 is 1.00. The number of halogens is 1. The van der Waals surface area contributed by atoms with E-state index in [1.165, 1.54) is 23.1 Å². The third-order valence-electron chi connectivity index (χ3n) is 2.63. The second-order valence-corrected chi connectivity index (χ2v) is 6.38. The number of phenols is 2. The van der Waals surface area contributed by atoms with Gasteiger partial charge in [0.1, 0.15) is 0 Å². The molecule has 100 valence electrons. The number of nitrogens with zero attached hydrogens (tertiary/aromatic N) is 1. The lowest BCUT2D eigenvalue weighted by Gasteiger charge is -2.17. The minimum atomic E-state index is -0.383. The van der Waals surface area contributed by atoms with Crippen molar-refractivity contribution < 1.29 is 15.0 Å². The first-order valence-electron chi connectivity index (χ1n) is 5.48. The maximum atomic E-state index is 12.2. The van der Waals surface area contributed by atoms with Crippen LogP contribution < -0.4 is 0 Å². The summed E-state index contributed by atoms with van der Waals surface area (Å²) in [7, 11) is 1.65. The smallest absolute Gasteiger partial charge is 0.257 e. The van der Waals surface area contributed by atoms with E-state index in [1.807, 2.05) is 11.4 Å². The fourth-order valence-corrected chi connectivity index (χ4v) is 2.88. The molecule has 2 aromatic rings. The van der Waals surface area contributed by atoms with E-state index in [2.05, 4.69) is 15.9 Å². The second-order valence-electron chi connectivity index (χ2n) is 4.09. The van der Waals surface area contributed by atoms with Crippen molar-refractivity contribution in [1.82, 2.24) is 4.90 Å². The molecule has 0 saturated heterocycles. The van der Waals surface area contributed by atoms with Crippen LogP contribution in [0.15, 0.2) is 33.4 Å². The fourth-order valence-electron chi connectivity index (χ4n) is 1.68. The van der Waals surface area contributed by atoms with Gasteiger partial charge in [-0.3, -0.25) is 4.79 Å². The lowest BCUT2D eigenvalue weighted by molar-refractivity contribution is 0.0781. The number of rotatable bonds is 3. The maximum absolute atomic E-state index is 12.2. The zero-order chi connectivity index (χ0) is 14.0. The van der Waals surface area contributed by atoms with Crippen molar-refractivity contribution in [3.63, 3.8) is 0 Å². The fraction of sp³-hybridized carbons (Fsp3) is 0.154. The minimum Gasteiger partial charge on any atom is -0.504 e. The number of hydrogen-bond donors (Lipinski definition) is 2. The van der Waals surface area contributed by atoms with Crippen LogP contribution >= 0.6 is 27.3 Å². The molecular weight excluding hydrogens is 330 g/mol. The van der Waals surface area contributed by atoms with Crippen LogP contribution in [0.2, 0.25) is 0 Å². The Morgan fingerprint density at radius 3 is 2.79 bits per heavy atom. The van der Waals surface area contributed by atoms with E-state index in [-0.39, 0.29) is 23.0 Å². The summed E-state index contributed by atoms with van der Waals surface area (Å²) in [4.78, 5) is 13.7. The van der Waals surface area contributed by atoms with Gasteiger partial charge in [-0.1, -0.05) is 6.07 Å². The Bertz CT molecular complexity index is 612. The molecule has 2 rings (SSSR count). The van der Waals surface area contributed by atoms with Crippen molar-refractivity contribution in [2.45, 2.75) is 6.54 Å². The summed E-state index contributed by atoms with van der Waals surface area (Å²) in [6.07, 6.45) is 0. The van der Waals surface area contributed by atoms with Crippen LogP contribution in [0, 0.1) is 0 Å². The van der Waals surface area contributed by atoms with Crippen molar-refractivity contribution >= 4 is 33.2 Å². The molecule has 0 bridgehead atoms. The molecule has 0 spiro atoms. The van der Waals surface area contributed by atoms with Gasteiger partial charge in [-0.05, 0) is 45.1 Å². The van der Waals surface area contributed by atoms with E-state index in [0.717, 1.165) is 9.35 Å². The number of benzene rings is 1. The topological polar surface area (TPSA) is 60.8 Å². The van der Waals surface area contributed by atoms with Gasteiger partial charge >= 0.3 is 0 Å². The Balaban J connectivity index is 2.17. The Morgan fingerprint density at radius 1 is 1.42 bits per heavy atom. The number of thiophene rings is 1. The molecule has 1 aromatic heterocycles. The normalized spacial score (nSPS) is 10.4. The maximum Gasteiger partial charge on any atom is 0.257 e. The number of para-hydroxylation sites is 1. The molecule has 1 amide bonds. The lowest BCUT2D eigenvalue weighted by atomic mass is 10.1. The summed E-state index contributed by atoms with van der Waals surface area (Å²) in [5, 5.41) is 21.0. The van der Waals surface area contributed by atoms with E-state index in [1.54, 1.807) is 18.4 Å². The highest BCUT2D eigenvalue weighted by Gasteiger charge is 2.18. The predicted molar refractivity (Wildman–Crippen MR) is 77.6 cm³/mol. The van der Waals surface area contributed by atoms with Crippen molar-refractivity contribution in [1.29, 1.82) is 0 Å². The highest BCUT2D eigenvalue weighted by Crippen LogP contribution is 2.29. The Morgan fingerprint density at radius 2 is 2.16 bits per heavy atom. The van der Waals surface area contributed by atoms with Gasteiger partial charge < -0.3 is 15.1 Å². The van der Waals surface area contributed by atoms with Crippen LogP contribution in [-0.4, -0.2) is 28.1 Å². The number of hydrogen-bond acceptors (Lipinski definition) is 4. The van der Waals surface area contributed by atoms with E-state index in [4.69, 9.17) is 0 Å². The average Bonchev–Trinajstić information content (AvgIpc) is 2.77. The monoisotopic (exact) mass is 341 g/mol. The van der Waals surface area contributed by atoms with Gasteiger partial charge in [0.15, 0.2) is 11.5 Å². The summed E-state index contributed by atoms with van der Waals surface area (Å²) in [5.41, 5.74) is 1.10. The van der Waals surface area contributed by atoms with Crippen LogP contribution in [0.25, 0.3) is 0 Å². The second kappa shape index (κ2) is 5.63.